The van der Waals surface area contributed by atoms with E-state index in [1.54, 1.807) is 0 Å². The van der Waals surface area contributed by atoms with E-state index in [1.807, 2.05) is 6.92 Å². The van der Waals surface area contributed by atoms with Crippen molar-refractivity contribution in [1.82, 2.24) is 10.6 Å². The summed E-state index contributed by atoms with van der Waals surface area (Å²) in [6, 6.07) is 0.381. The first kappa shape index (κ1) is 12.9. The lowest BCUT2D eigenvalue weighted by atomic mass is 9.95. The Balaban J connectivity index is 1.66. The zero-order valence-corrected chi connectivity index (χ0v) is 11.2. The highest BCUT2D eigenvalue weighted by Crippen LogP contribution is 2.44. The summed E-state index contributed by atoms with van der Waals surface area (Å²) in [4.78, 5) is 12.0. The second-order valence-electron chi connectivity index (χ2n) is 6.26. The van der Waals surface area contributed by atoms with Gasteiger partial charge in [0.15, 0.2) is 0 Å². The van der Waals surface area contributed by atoms with Gasteiger partial charge in [0.1, 0.15) is 0 Å². The molecule has 3 nitrogen and oxygen atoms in total. The first-order valence-corrected chi connectivity index (χ1v) is 7.13. The number of amides is 1. The van der Waals surface area contributed by atoms with Gasteiger partial charge >= 0.3 is 0 Å². The molecule has 3 heteroatoms. The van der Waals surface area contributed by atoms with Crippen LogP contribution in [-0.2, 0) is 4.79 Å². The lowest BCUT2D eigenvalue weighted by Gasteiger charge is -2.25. The van der Waals surface area contributed by atoms with Gasteiger partial charge in [-0.2, -0.15) is 0 Å². The van der Waals surface area contributed by atoms with Crippen molar-refractivity contribution in [2.45, 2.75) is 70.9 Å². The number of rotatable bonds is 5. The van der Waals surface area contributed by atoms with Crippen molar-refractivity contribution in [3.8, 4) is 0 Å². The molecule has 17 heavy (non-hydrogen) atoms. The van der Waals surface area contributed by atoms with Gasteiger partial charge in [-0.3, -0.25) is 4.79 Å². The van der Waals surface area contributed by atoms with Gasteiger partial charge < -0.3 is 10.6 Å². The molecule has 0 bridgehead atoms. The molecule has 2 aliphatic rings. The van der Waals surface area contributed by atoms with Crippen molar-refractivity contribution >= 4 is 5.91 Å². The monoisotopic (exact) mass is 238 g/mol. The molecule has 0 aliphatic heterocycles. The molecule has 2 N–H and O–H groups in total. The van der Waals surface area contributed by atoms with Gasteiger partial charge in [0.2, 0.25) is 5.91 Å². The highest BCUT2D eigenvalue weighted by atomic mass is 16.2. The van der Waals surface area contributed by atoms with Gasteiger partial charge in [0.25, 0.3) is 0 Å². The van der Waals surface area contributed by atoms with Crippen LogP contribution in [0.3, 0.4) is 0 Å². The fraction of sp³-hybridized carbons (Fsp3) is 0.929. The first-order valence-electron chi connectivity index (χ1n) is 7.13. The average Bonchev–Trinajstić information content (AvgIpc) is 3.06. The molecule has 2 saturated carbocycles. The minimum absolute atomic E-state index is 0.0469. The van der Waals surface area contributed by atoms with Gasteiger partial charge in [-0.15, -0.1) is 0 Å². The Morgan fingerprint density at radius 1 is 1.29 bits per heavy atom. The van der Waals surface area contributed by atoms with Gasteiger partial charge in [-0.05, 0) is 38.0 Å². The van der Waals surface area contributed by atoms with Gasteiger partial charge in [0, 0.05) is 12.6 Å². The maximum absolute atomic E-state index is 12.0. The van der Waals surface area contributed by atoms with Gasteiger partial charge in [-0.25, -0.2) is 0 Å². The molecule has 0 heterocycles. The van der Waals surface area contributed by atoms with Crippen LogP contribution in [-0.4, -0.2) is 24.5 Å². The van der Waals surface area contributed by atoms with Crippen LogP contribution in [0.1, 0.15) is 58.8 Å². The molecule has 1 amide bonds. The summed E-state index contributed by atoms with van der Waals surface area (Å²) in [5.74, 6) is 0.182. The van der Waals surface area contributed by atoms with E-state index in [1.165, 1.54) is 32.1 Å². The minimum Gasteiger partial charge on any atom is -0.352 e. The average molecular weight is 238 g/mol. The van der Waals surface area contributed by atoms with Crippen LogP contribution in [0.4, 0.5) is 0 Å². The van der Waals surface area contributed by atoms with Crippen LogP contribution in [0, 0.1) is 5.41 Å². The van der Waals surface area contributed by atoms with Gasteiger partial charge in [-0.1, -0.05) is 26.2 Å². The molecule has 2 fully saturated rings. The SMILES string of the molecule is CC(NCC1(C)CC1)C(=O)NC1CCCCC1. The van der Waals surface area contributed by atoms with E-state index in [4.69, 9.17) is 0 Å². The van der Waals surface area contributed by atoms with E-state index in [0.29, 0.717) is 11.5 Å². The third kappa shape index (κ3) is 3.98. The second-order valence-corrected chi connectivity index (χ2v) is 6.26. The molecule has 0 aromatic rings. The molecule has 0 spiro atoms. The van der Waals surface area contributed by atoms with Crippen molar-refractivity contribution in [2.24, 2.45) is 5.41 Å². The van der Waals surface area contributed by atoms with Crippen molar-refractivity contribution in [3.05, 3.63) is 0 Å². The lowest BCUT2D eigenvalue weighted by Crippen LogP contribution is -2.47. The number of nitrogens with one attached hydrogen (secondary N) is 2. The smallest absolute Gasteiger partial charge is 0.237 e. The van der Waals surface area contributed by atoms with Crippen LogP contribution in [0.5, 0.6) is 0 Å². The summed E-state index contributed by atoms with van der Waals surface area (Å²) < 4.78 is 0. The van der Waals surface area contributed by atoms with E-state index in [-0.39, 0.29) is 11.9 Å². The number of hydrogen-bond acceptors (Lipinski definition) is 2. The standard InChI is InChI=1S/C14H26N2O/c1-11(15-10-14(2)8-9-14)13(17)16-12-6-4-3-5-7-12/h11-12,15H,3-10H2,1-2H3,(H,16,17). The quantitative estimate of drug-likeness (QED) is 0.771. The molecular formula is C14H26N2O. The minimum atomic E-state index is -0.0469. The predicted molar refractivity (Wildman–Crippen MR) is 69.8 cm³/mol. The fourth-order valence-electron chi connectivity index (χ4n) is 2.46. The third-order valence-corrected chi connectivity index (χ3v) is 4.28. The van der Waals surface area contributed by atoms with E-state index in [2.05, 4.69) is 17.6 Å². The Bertz CT molecular complexity index is 267. The van der Waals surface area contributed by atoms with Crippen LogP contribution < -0.4 is 10.6 Å². The van der Waals surface area contributed by atoms with Crippen molar-refractivity contribution < 1.29 is 4.79 Å². The number of carbonyl (C=O) groups is 1. The fourth-order valence-corrected chi connectivity index (χ4v) is 2.46. The van der Waals surface area contributed by atoms with E-state index >= 15 is 0 Å². The molecular weight excluding hydrogens is 212 g/mol. The van der Waals surface area contributed by atoms with E-state index in [0.717, 1.165) is 19.4 Å². The van der Waals surface area contributed by atoms with E-state index in [9.17, 15) is 4.79 Å². The summed E-state index contributed by atoms with van der Waals surface area (Å²) >= 11 is 0. The maximum atomic E-state index is 12.0. The number of hydrogen-bond donors (Lipinski definition) is 2. The van der Waals surface area contributed by atoms with Crippen LogP contribution >= 0.6 is 0 Å². The maximum Gasteiger partial charge on any atom is 0.237 e. The van der Waals surface area contributed by atoms with Crippen molar-refractivity contribution in [2.75, 3.05) is 6.54 Å². The summed E-state index contributed by atoms with van der Waals surface area (Å²) in [6.07, 6.45) is 8.80. The second kappa shape index (κ2) is 5.38. The van der Waals surface area contributed by atoms with Crippen LogP contribution in [0.25, 0.3) is 0 Å². The molecule has 2 rings (SSSR count). The Hall–Kier alpha value is -0.570. The Morgan fingerprint density at radius 3 is 2.53 bits per heavy atom. The largest absolute Gasteiger partial charge is 0.352 e. The summed E-state index contributed by atoms with van der Waals surface area (Å²) in [5.41, 5.74) is 0.472. The predicted octanol–water partition coefficient (Wildman–Crippen LogP) is 2.21. The van der Waals surface area contributed by atoms with E-state index < -0.39 is 0 Å². The molecule has 0 aromatic carbocycles. The lowest BCUT2D eigenvalue weighted by molar-refractivity contribution is -0.123. The zero-order valence-electron chi connectivity index (χ0n) is 11.2. The summed E-state index contributed by atoms with van der Waals surface area (Å²) in [5, 5.41) is 6.54. The Morgan fingerprint density at radius 2 is 1.94 bits per heavy atom. The third-order valence-electron chi connectivity index (χ3n) is 4.28. The van der Waals surface area contributed by atoms with Gasteiger partial charge in [0.05, 0.1) is 6.04 Å². The zero-order chi connectivity index (χ0) is 12.3. The topological polar surface area (TPSA) is 41.1 Å². The molecule has 98 valence electrons. The Labute approximate surface area is 105 Å². The summed E-state index contributed by atoms with van der Waals surface area (Å²) in [6.45, 7) is 5.24. The Kier molecular flexibility index (Phi) is 4.08. The van der Waals surface area contributed by atoms with Crippen LogP contribution in [0.15, 0.2) is 0 Å². The molecule has 0 radical (unpaired) electrons. The molecule has 2 aliphatic carbocycles. The highest BCUT2D eigenvalue weighted by molar-refractivity contribution is 5.81. The summed E-state index contributed by atoms with van der Waals surface area (Å²) in [7, 11) is 0. The van der Waals surface area contributed by atoms with Crippen molar-refractivity contribution in [1.29, 1.82) is 0 Å². The molecule has 1 atom stereocenters. The number of carbonyl (C=O) groups excluding carboxylic acids is 1. The molecule has 0 saturated heterocycles. The highest BCUT2D eigenvalue weighted by Gasteiger charge is 2.37. The normalized spacial score (nSPS) is 25.3. The van der Waals surface area contributed by atoms with Crippen LogP contribution in [0.2, 0.25) is 0 Å². The molecule has 1 unspecified atom stereocenters. The molecule has 0 aromatic heterocycles. The van der Waals surface area contributed by atoms with Crippen molar-refractivity contribution in [3.63, 3.8) is 0 Å². The first-order chi connectivity index (χ1) is 8.09.